The van der Waals surface area contributed by atoms with Crippen molar-refractivity contribution in [2.75, 3.05) is 13.7 Å². The highest BCUT2D eigenvalue weighted by Crippen LogP contribution is 2.16. The van der Waals surface area contributed by atoms with Gasteiger partial charge in [-0.2, -0.15) is 0 Å². The first kappa shape index (κ1) is 14.6. The quantitative estimate of drug-likeness (QED) is 0.660. The first-order valence-electron chi connectivity index (χ1n) is 5.63. The highest BCUT2D eigenvalue weighted by atomic mass is 16.5. The van der Waals surface area contributed by atoms with E-state index in [0.29, 0.717) is 17.9 Å². The van der Waals surface area contributed by atoms with Crippen LogP contribution in [-0.2, 0) is 9.53 Å². The van der Waals surface area contributed by atoms with Crippen LogP contribution < -0.4 is 4.74 Å². The molecule has 5 heteroatoms. The predicted molar refractivity (Wildman–Crippen MR) is 68.1 cm³/mol. The normalized spacial score (nSPS) is 9.16. The van der Waals surface area contributed by atoms with E-state index >= 15 is 0 Å². The van der Waals surface area contributed by atoms with Gasteiger partial charge in [0.15, 0.2) is 0 Å². The van der Waals surface area contributed by atoms with Crippen molar-refractivity contribution in [3.63, 3.8) is 0 Å². The fraction of sp³-hybridized carbons (Fsp3) is 0.286. The molecule has 19 heavy (non-hydrogen) atoms. The SMILES string of the molecule is CCOC(=O)CC#Cc1cc(OC)cc(C(=O)O)c1. The summed E-state index contributed by atoms with van der Waals surface area (Å²) < 4.78 is 9.72. The van der Waals surface area contributed by atoms with Gasteiger partial charge < -0.3 is 14.6 Å². The minimum Gasteiger partial charge on any atom is -0.497 e. The molecule has 0 aliphatic heterocycles. The van der Waals surface area contributed by atoms with E-state index in [2.05, 4.69) is 11.8 Å². The van der Waals surface area contributed by atoms with E-state index in [1.165, 1.54) is 19.2 Å². The molecular weight excluding hydrogens is 248 g/mol. The molecule has 0 atom stereocenters. The highest BCUT2D eigenvalue weighted by Gasteiger charge is 2.06. The highest BCUT2D eigenvalue weighted by molar-refractivity contribution is 5.88. The number of carboxylic acids is 1. The average Bonchev–Trinajstić information content (AvgIpc) is 2.38. The zero-order valence-corrected chi connectivity index (χ0v) is 10.7. The second-order valence-corrected chi connectivity index (χ2v) is 3.54. The zero-order valence-electron chi connectivity index (χ0n) is 10.7. The van der Waals surface area contributed by atoms with Crippen LogP contribution in [0.3, 0.4) is 0 Å². The Bertz CT molecular complexity index is 537. The molecule has 1 aromatic carbocycles. The number of aromatic carboxylic acids is 1. The molecule has 5 nitrogen and oxygen atoms in total. The van der Waals surface area contributed by atoms with E-state index < -0.39 is 11.9 Å². The molecule has 0 saturated heterocycles. The number of rotatable bonds is 4. The molecule has 0 fully saturated rings. The molecule has 1 rings (SSSR count). The summed E-state index contributed by atoms with van der Waals surface area (Å²) in [6, 6.07) is 4.42. The second kappa shape index (κ2) is 7.07. The zero-order chi connectivity index (χ0) is 14.3. The summed E-state index contributed by atoms with van der Waals surface area (Å²) in [5.74, 6) is 4.27. The summed E-state index contributed by atoms with van der Waals surface area (Å²) in [6.45, 7) is 2.02. The van der Waals surface area contributed by atoms with Gasteiger partial charge in [0.25, 0.3) is 0 Å². The van der Waals surface area contributed by atoms with Gasteiger partial charge in [-0.25, -0.2) is 4.79 Å². The Morgan fingerprint density at radius 2 is 2.05 bits per heavy atom. The number of ether oxygens (including phenoxy) is 2. The van der Waals surface area contributed by atoms with E-state index in [0.717, 1.165) is 0 Å². The second-order valence-electron chi connectivity index (χ2n) is 3.54. The molecular formula is C14H14O5. The van der Waals surface area contributed by atoms with Crippen LogP contribution in [0.15, 0.2) is 18.2 Å². The van der Waals surface area contributed by atoms with Gasteiger partial charge in [0, 0.05) is 5.56 Å². The van der Waals surface area contributed by atoms with Crippen molar-refractivity contribution in [3.05, 3.63) is 29.3 Å². The summed E-state index contributed by atoms with van der Waals surface area (Å²) in [4.78, 5) is 22.0. The molecule has 100 valence electrons. The third-order valence-corrected chi connectivity index (χ3v) is 2.16. The van der Waals surface area contributed by atoms with E-state index in [9.17, 15) is 9.59 Å². The van der Waals surface area contributed by atoms with Gasteiger partial charge in [-0.05, 0) is 25.1 Å². The van der Waals surface area contributed by atoms with Crippen molar-refractivity contribution >= 4 is 11.9 Å². The lowest BCUT2D eigenvalue weighted by Gasteiger charge is -2.02. The van der Waals surface area contributed by atoms with E-state index in [4.69, 9.17) is 14.6 Å². The number of carboxylic acid groups (broad SMARTS) is 1. The van der Waals surface area contributed by atoms with Crippen LogP contribution >= 0.6 is 0 Å². The van der Waals surface area contributed by atoms with Crippen molar-refractivity contribution in [1.82, 2.24) is 0 Å². The van der Waals surface area contributed by atoms with Gasteiger partial charge in [0.1, 0.15) is 12.2 Å². The Balaban J connectivity index is 2.89. The monoisotopic (exact) mass is 262 g/mol. The van der Waals surface area contributed by atoms with Crippen LogP contribution in [0.5, 0.6) is 5.75 Å². The molecule has 1 aromatic rings. The molecule has 0 spiro atoms. The van der Waals surface area contributed by atoms with Crippen LogP contribution in [0.4, 0.5) is 0 Å². The standard InChI is InChI=1S/C14H14O5/c1-3-19-13(15)6-4-5-10-7-11(14(16)17)9-12(8-10)18-2/h7-9H,3,6H2,1-2H3,(H,16,17). The van der Waals surface area contributed by atoms with Gasteiger partial charge in [0.2, 0.25) is 0 Å². The maximum atomic E-state index is 11.1. The Labute approximate surface area is 111 Å². The first-order valence-corrected chi connectivity index (χ1v) is 5.63. The minimum atomic E-state index is -1.06. The van der Waals surface area contributed by atoms with Crippen LogP contribution in [0.2, 0.25) is 0 Å². The number of esters is 1. The van der Waals surface area contributed by atoms with Gasteiger partial charge in [-0.3, -0.25) is 4.79 Å². The van der Waals surface area contributed by atoms with E-state index in [1.54, 1.807) is 13.0 Å². The number of hydrogen-bond acceptors (Lipinski definition) is 4. The molecule has 0 aliphatic rings. The van der Waals surface area contributed by atoms with Crippen LogP contribution in [0, 0.1) is 11.8 Å². The molecule has 0 radical (unpaired) electrons. The molecule has 0 bridgehead atoms. The molecule has 1 N–H and O–H groups in total. The molecule has 0 unspecified atom stereocenters. The summed E-state index contributed by atoms with van der Waals surface area (Å²) >= 11 is 0. The minimum absolute atomic E-state index is 0.0343. The van der Waals surface area contributed by atoms with Gasteiger partial charge in [-0.1, -0.05) is 11.8 Å². The Morgan fingerprint density at radius 1 is 1.32 bits per heavy atom. The fourth-order valence-corrected chi connectivity index (χ4v) is 1.34. The lowest BCUT2D eigenvalue weighted by molar-refractivity contribution is -0.141. The number of benzene rings is 1. The Kier molecular flexibility index (Phi) is 5.42. The smallest absolute Gasteiger partial charge is 0.335 e. The van der Waals surface area contributed by atoms with Crippen LogP contribution in [0.1, 0.15) is 29.3 Å². The molecule has 0 heterocycles. The van der Waals surface area contributed by atoms with Gasteiger partial charge >= 0.3 is 11.9 Å². The van der Waals surface area contributed by atoms with Crippen molar-refractivity contribution in [2.45, 2.75) is 13.3 Å². The number of methoxy groups -OCH3 is 1. The van der Waals surface area contributed by atoms with Gasteiger partial charge in [-0.15, -0.1) is 0 Å². The molecule has 0 aliphatic carbocycles. The Hall–Kier alpha value is -2.48. The maximum absolute atomic E-state index is 11.1. The summed E-state index contributed by atoms with van der Waals surface area (Å²) in [7, 11) is 1.44. The van der Waals surface area contributed by atoms with Crippen molar-refractivity contribution < 1.29 is 24.2 Å². The first-order chi connectivity index (χ1) is 9.06. The third kappa shape index (κ3) is 4.72. The average molecular weight is 262 g/mol. The lowest BCUT2D eigenvalue weighted by Crippen LogP contribution is -2.01. The number of carbonyl (C=O) groups is 2. The fourth-order valence-electron chi connectivity index (χ4n) is 1.34. The van der Waals surface area contributed by atoms with Crippen molar-refractivity contribution in [2.24, 2.45) is 0 Å². The number of hydrogen-bond donors (Lipinski definition) is 1. The summed E-state index contributed by atoms with van der Waals surface area (Å²) in [5.41, 5.74) is 0.556. The maximum Gasteiger partial charge on any atom is 0.335 e. The summed E-state index contributed by atoms with van der Waals surface area (Å²) in [6.07, 6.45) is -0.0343. The van der Waals surface area contributed by atoms with Crippen LogP contribution in [-0.4, -0.2) is 30.8 Å². The third-order valence-electron chi connectivity index (χ3n) is 2.16. The lowest BCUT2D eigenvalue weighted by atomic mass is 10.1. The topological polar surface area (TPSA) is 72.8 Å². The van der Waals surface area contributed by atoms with E-state index in [-0.39, 0.29) is 12.0 Å². The van der Waals surface area contributed by atoms with Crippen molar-refractivity contribution in [3.8, 4) is 17.6 Å². The molecule has 0 aromatic heterocycles. The Morgan fingerprint density at radius 3 is 2.63 bits per heavy atom. The van der Waals surface area contributed by atoms with Crippen LogP contribution in [0.25, 0.3) is 0 Å². The summed E-state index contributed by atoms with van der Waals surface area (Å²) in [5, 5.41) is 8.93. The molecule has 0 amide bonds. The van der Waals surface area contributed by atoms with Crippen molar-refractivity contribution in [1.29, 1.82) is 0 Å². The number of carbonyl (C=O) groups excluding carboxylic acids is 1. The predicted octanol–water partition coefficient (Wildman–Crippen LogP) is 1.70. The molecule has 0 saturated carbocycles. The van der Waals surface area contributed by atoms with Gasteiger partial charge in [0.05, 0.1) is 19.3 Å². The van der Waals surface area contributed by atoms with E-state index in [1.807, 2.05) is 0 Å². The largest absolute Gasteiger partial charge is 0.497 e.